The average Bonchev–Trinajstić information content (AvgIpc) is 2.54. The highest BCUT2D eigenvalue weighted by molar-refractivity contribution is 7.89. The fourth-order valence-electron chi connectivity index (χ4n) is 2.80. The quantitative estimate of drug-likeness (QED) is 0.508. The predicted molar refractivity (Wildman–Crippen MR) is 108 cm³/mol. The fourth-order valence-corrected chi connectivity index (χ4v) is 3.76. The molecule has 0 spiro atoms. The summed E-state index contributed by atoms with van der Waals surface area (Å²) >= 11 is 0. The molecule has 1 fully saturated rings. The van der Waals surface area contributed by atoms with E-state index in [1.807, 2.05) is 18.9 Å². The van der Waals surface area contributed by atoms with Crippen LogP contribution in [0.15, 0.2) is 29.3 Å². The number of aliphatic imine (C=N–C) groups is 1. The van der Waals surface area contributed by atoms with Crippen LogP contribution in [-0.4, -0.2) is 51.7 Å². The lowest BCUT2D eigenvalue weighted by Gasteiger charge is -2.25. The molecule has 6 nitrogen and oxygen atoms in total. The number of guanidine groups is 1. The third-order valence-electron chi connectivity index (χ3n) is 4.68. The van der Waals surface area contributed by atoms with E-state index in [0.717, 1.165) is 31.9 Å². The van der Waals surface area contributed by atoms with Gasteiger partial charge in [0.25, 0.3) is 0 Å². The minimum absolute atomic E-state index is 0.0208. The molecule has 0 saturated heterocycles. The van der Waals surface area contributed by atoms with E-state index in [2.05, 4.69) is 46.2 Å². The van der Waals surface area contributed by atoms with Gasteiger partial charge in [-0.25, -0.2) is 13.1 Å². The van der Waals surface area contributed by atoms with Crippen LogP contribution in [0.4, 0.5) is 0 Å². The van der Waals surface area contributed by atoms with Crippen molar-refractivity contribution >= 4 is 16.0 Å². The highest BCUT2D eigenvalue weighted by atomic mass is 32.2. The first kappa shape index (κ1) is 20.7. The molecule has 2 N–H and O–H groups in total. The molecule has 1 aliphatic rings. The molecule has 146 valence electrons. The van der Waals surface area contributed by atoms with Gasteiger partial charge in [-0.1, -0.05) is 36.2 Å². The number of aryl methyl sites for hydroxylation is 1. The summed E-state index contributed by atoms with van der Waals surface area (Å²) in [4.78, 5) is 6.50. The Kier molecular flexibility index (Phi) is 7.90. The lowest BCUT2D eigenvalue weighted by atomic mass is 9.86. The van der Waals surface area contributed by atoms with Crippen LogP contribution < -0.4 is 10.0 Å². The molecule has 0 amide bonds. The van der Waals surface area contributed by atoms with Crippen molar-refractivity contribution in [2.45, 2.75) is 39.7 Å². The maximum atomic E-state index is 12.1. The van der Waals surface area contributed by atoms with Gasteiger partial charge in [-0.3, -0.25) is 4.99 Å². The van der Waals surface area contributed by atoms with Crippen molar-refractivity contribution in [3.8, 4) is 0 Å². The molecule has 0 bridgehead atoms. The average molecular weight is 381 g/mol. The molecule has 1 aliphatic carbocycles. The van der Waals surface area contributed by atoms with Crippen LogP contribution in [-0.2, 0) is 16.6 Å². The summed E-state index contributed by atoms with van der Waals surface area (Å²) in [7, 11) is -1.29. The number of sulfonamides is 1. The zero-order valence-electron chi connectivity index (χ0n) is 16.2. The van der Waals surface area contributed by atoms with Gasteiger partial charge in [0, 0.05) is 26.7 Å². The normalized spacial score (nSPS) is 15.6. The van der Waals surface area contributed by atoms with Crippen molar-refractivity contribution in [2.24, 2.45) is 10.9 Å². The molecule has 0 radical (unpaired) electrons. The first-order chi connectivity index (χ1) is 12.4. The monoisotopic (exact) mass is 380 g/mol. The van der Waals surface area contributed by atoms with Gasteiger partial charge < -0.3 is 10.2 Å². The Bertz CT molecular complexity index is 682. The van der Waals surface area contributed by atoms with E-state index in [4.69, 9.17) is 0 Å². The van der Waals surface area contributed by atoms with Gasteiger partial charge in [0.15, 0.2) is 5.96 Å². The zero-order valence-corrected chi connectivity index (χ0v) is 17.0. The summed E-state index contributed by atoms with van der Waals surface area (Å²) in [5.41, 5.74) is 2.43. The van der Waals surface area contributed by atoms with Gasteiger partial charge in [0.1, 0.15) is 0 Å². The van der Waals surface area contributed by atoms with Crippen molar-refractivity contribution < 1.29 is 8.42 Å². The van der Waals surface area contributed by atoms with Crippen LogP contribution in [0.1, 0.15) is 37.3 Å². The molecular weight excluding hydrogens is 348 g/mol. The summed E-state index contributed by atoms with van der Waals surface area (Å²) in [5.74, 6) is 1.26. The summed E-state index contributed by atoms with van der Waals surface area (Å²) in [5, 5.41) is 3.23. The SMILES string of the molecule is CCNC(=NCCS(=O)(=O)NCC1CCC1)N(C)Cc1ccc(C)cc1. The molecule has 2 rings (SSSR count). The van der Waals surface area contributed by atoms with Gasteiger partial charge in [0.05, 0.1) is 12.3 Å². The van der Waals surface area contributed by atoms with Crippen LogP contribution in [0, 0.1) is 12.8 Å². The number of hydrogen-bond donors (Lipinski definition) is 2. The highest BCUT2D eigenvalue weighted by Gasteiger charge is 2.20. The minimum atomic E-state index is -3.26. The summed E-state index contributed by atoms with van der Waals surface area (Å²) < 4.78 is 26.9. The molecule has 1 saturated carbocycles. The third kappa shape index (κ3) is 6.96. The number of nitrogens with one attached hydrogen (secondary N) is 2. The van der Waals surface area contributed by atoms with E-state index in [-0.39, 0.29) is 12.3 Å². The van der Waals surface area contributed by atoms with Gasteiger partial charge in [-0.2, -0.15) is 0 Å². The summed E-state index contributed by atoms with van der Waals surface area (Å²) in [6.07, 6.45) is 3.49. The Morgan fingerprint density at radius 2 is 1.96 bits per heavy atom. The van der Waals surface area contributed by atoms with Gasteiger partial charge in [-0.05, 0) is 38.2 Å². The Hall–Kier alpha value is -1.60. The molecule has 1 aromatic carbocycles. The Morgan fingerprint density at radius 3 is 2.54 bits per heavy atom. The van der Waals surface area contributed by atoms with Crippen molar-refractivity contribution in [1.29, 1.82) is 0 Å². The number of hydrogen-bond acceptors (Lipinski definition) is 3. The minimum Gasteiger partial charge on any atom is -0.357 e. The van der Waals surface area contributed by atoms with Crippen molar-refractivity contribution in [3.05, 3.63) is 35.4 Å². The molecule has 7 heteroatoms. The second-order valence-corrected chi connectivity index (χ2v) is 8.97. The molecule has 0 aliphatic heterocycles. The van der Waals surface area contributed by atoms with E-state index in [0.29, 0.717) is 12.5 Å². The smallest absolute Gasteiger partial charge is 0.213 e. The van der Waals surface area contributed by atoms with E-state index >= 15 is 0 Å². The fraction of sp³-hybridized carbons (Fsp3) is 0.632. The van der Waals surface area contributed by atoms with Crippen molar-refractivity contribution in [3.63, 3.8) is 0 Å². The summed E-state index contributed by atoms with van der Waals surface area (Å²) in [6, 6.07) is 8.38. The van der Waals surface area contributed by atoms with Crippen molar-refractivity contribution in [1.82, 2.24) is 14.9 Å². The number of nitrogens with zero attached hydrogens (tertiary/aromatic N) is 2. The maximum absolute atomic E-state index is 12.1. The first-order valence-corrected chi connectivity index (χ1v) is 11.1. The maximum Gasteiger partial charge on any atom is 0.213 e. The van der Waals surface area contributed by atoms with Crippen LogP contribution in [0.5, 0.6) is 0 Å². The van der Waals surface area contributed by atoms with Gasteiger partial charge in [0.2, 0.25) is 10.0 Å². The molecule has 26 heavy (non-hydrogen) atoms. The second-order valence-electron chi connectivity index (χ2n) is 7.04. The molecule has 0 aromatic heterocycles. The van der Waals surface area contributed by atoms with Crippen LogP contribution in [0.2, 0.25) is 0 Å². The van der Waals surface area contributed by atoms with E-state index in [9.17, 15) is 8.42 Å². The highest BCUT2D eigenvalue weighted by Crippen LogP contribution is 2.25. The third-order valence-corrected chi connectivity index (χ3v) is 6.00. The Labute approximate surface area is 158 Å². The number of benzene rings is 1. The van der Waals surface area contributed by atoms with E-state index in [1.165, 1.54) is 17.5 Å². The van der Waals surface area contributed by atoms with Gasteiger partial charge in [-0.15, -0.1) is 0 Å². The lowest BCUT2D eigenvalue weighted by Crippen LogP contribution is -2.39. The van der Waals surface area contributed by atoms with E-state index in [1.54, 1.807) is 0 Å². The largest absolute Gasteiger partial charge is 0.357 e. The van der Waals surface area contributed by atoms with Crippen LogP contribution in [0.25, 0.3) is 0 Å². The lowest BCUT2D eigenvalue weighted by molar-refractivity contribution is 0.316. The van der Waals surface area contributed by atoms with Crippen molar-refractivity contribution in [2.75, 3.05) is 32.4 Å². The standard InChI is InChI=1S/C19H32N4O2S/c1-4-20-19(23(3)15-18-10-8-16(2)9-11-18)21-12-13-26(24,25)22-14-17-6-5-7-17/h8-11,17,22H,4-7,12-15H2,1-3H3,(H,20,21). The molecule has 0 heterocycles. The van der Waals surface area contributed by atoms with E-state index < -0.39 is 10.0 Å². The van der Waals surface area contributed by atoms with Gasteiger partial charge >= 0.3 is 0 Å². The summed E-state index contributed by atoms with van der Waals surface area (Å²) in [6.45, 7) is 6.35. The molecule has 0 atom stereocenters. The Balaban J connectivity index is 1.86. The van der Waals surface area contributed by atoms with Crippen LogP contribution in [0.3, 0.4) is 0 Å². The van der Waals surface area contributed by atoms with Crippen LogP contribution >= 0.6 is 0 Å². The first-order valence-electron chi connectivity index (χ1n) is 9.42. The molecule has 0 unspecified atom stereocenters. The second kappa shape index (κ2) is 9.92. The molecule has 1 aromatic rings. The predicted octanol–water partition coefficient (Wildman–Crippen LogP) is 2.11. The zero-order chi connectivity index (χ0) is 19.0. The number of rotatable bonds is 9. The molecular formula is C19H32N4O2S. The Morgan fingerprint density at radius 1 is 1.27 bits per heavy atom. The topological polar surface area (TPSA) is 73.8 Å².